The van der Waals surface area contributed by atoms with E-state index in [2.05, 4.69) is 35.1 Å². The van der Waals surface area contributed by atoms with Gasteiger partial charge in [-0.05, 0) is 51.3 Å². The molecule has 1 rings (SSSR count). The minimum atomic E-state index is 0.374. The molecule has 0 amide bonds. The molecule has 17 heavy (non-hydrogen) atoms. The van der Waals surface area contributed by atoms with E-state index >= 15 is 0 Å². The minimum Gasteiger partial charge on any atom is -0.313 e. The molecule has 1 N–H and O–H groups in total. The Morgan fingerprint density at radius 3 is 2.82 bits per heavy atom. The van der Waals surface area contributed by atoms with Crippen molar-refractivity contribution in [3.63, 3.8) is 0 Å². The van der Waals surface area contributed by atoms with E-state index in [1.807, 2.05) is 20.0 Å². The van der Waals surface area contributed by atoms with Crippen molar-refractivity contribution in [2.24, 2.45) is 0 Å². The summed E-state index contributed by atoms with van der Waals surface area (Å²) in [5.74, 6) is 0. The first-order valence-electron chi connectivity index (χ1n) is 6.34. The van der Waals surface area contributed by atoms with Gasteiger partial charge in [-0.25, -0.2) is 0 Å². The Morgan fingerprint density at radius 1 is 1.47 bits per heavy atom. The lowest BCUT2D eigenvalue weighted by Gasteiger charge is -2.18. The molecule has 3 nitrogen and oxygen atoms in total. The zero-order valence-corrected chi connectivity index (χ0v) is 11.2. The van der Waals surface area contributed by atoms with Gasteiger partial charge in [0.2, 0.25) is 0 Å². The molecule has 0 saturated heterocycles. The van der Waals surface area contributed by atoms with Crippen LogP contribution in [0.2, 0.25) is 0 Å². The molecule has 1 unspecified atom stereocenters. The lowest BCUT2D eigenvalue weighted by atomic mass is 9.98. The Balaban J connectivity index is 2.85. The van der Waals surface area contributed by atoms with Crippen LogP contribution in [0, 0.1) is 6.92 Å². The van der Waals surface area contributed by atoms with Gasteiger partial charge >= 0.3 is 0 Å². The fourth-order valence-electron chi connectivity index (χ4n) is 2.03. The van der Waals surface area contributed by atoms with E-state index in [4.69, 9.17) is 0 Å². The van der Waals surface area contributed by atoms with Crippen LogP contribution in [0.1, 0.15) is 49.2 Å². The number of nitrogens with zero attached hydrogens (tertiary/aromatic N) is 2. The highest BCUT2D eigenvalue weighted by Crippen LogP contribution is 2.22. The largest absolute Gasteiger partial charge is 0.313 e. The SMILES string of the molecule is C=CCCCC(NC)c1cc(C)nnc1CC. The number of aromatic nitrogens is 2. The van der Waals surface area contributed by atoms with Crippen molar-refractivity contribution in [3.05, 3.63) is 35.7 Å². The molecule has 0 aliphatic rings. The van der Waals surface area contributed by atoms with E-state index in [9.17, 15) is 0 Å². The van der Waals surface area contributed by atoms with Gasteiger partial charge < -0.3 is 5.32 Å². The van der Waals surface area contributed by atoms with Crippen LogP contribution in [0.3, 0.4) is 0 Å². The Kier molecular flexibility index (Phi) is 5.84. The molecule has 0 saturated carbocycles. The zero-order chi connectivity index (χ0) is 12.7. The van der Waals surface area contributed by atoms with Crippen LogP contribution in [0.5, 0.6) is 0 Å². The zero-order valence-electron chi connectivity index (χ0n) is 11.2. The molecule has 94 valence electrons. The first kappa shape index (κ1) is 13.8. The fraction of sp³-hybridized carbons (Fsp3) is 0.571. The third-order valence-electron chi connectivity index (χ3n) is 2.99. The maximum Gasteiger partial charge on any atom is 0.0676 e. The molecule has 3 heteroatoms. The van der Waals surface area contributed by atoms with Crippen LogP contribution in [0.4, 0.5) is 0 Å². The van der Waals surface area contributed by atoms with Crippen LogP contribution >= 0.6 is 0 Å². The molecule has 0 radical (unpaired) electrons. The van der Waals surface area contributed by atoms with E-state index in [1.54, 1.807) is 0 Å². The molecule has 0 aliphatic carbocycles. The van der Waals surface area contributed by atoms with Crippen LogP contribution < -0.4 is 5.32 Å². The average Bonchev–Trinajstić information content (AvgIpc) is 2.35. The van der Waals surface area contributed by atoms with Crippen molar-refractivity contribution in [2.45, 2.75) is 45.6 Å². The molecule has 1 atom stereocenters. The number of allylic oxidation sites excluding steroid dienone is 1. The Bertz CT molecular complexity index is 360. The van der Waals surface area contributed by atoms with Crippen molar-refractivity contribution in [1.82, 2.24) is 15.5 Å². The third kappa shape index (κ3) is 3.93. The highest BCUT2D eigenvalue weighted by atomic mass is 15.1. The molecular formula is C14H23N3. The molecular weight excluding hydrogens is 210 g/mol. The first-order valence-corrected chi connectivity index (χ1v) is 6.34. The summed E-state index contributed by atoms with van der Waals surface area (Å²) in [5, 5.41) is 11.8. The molecule has 1 aromatic rings. The lowest BCUT2D eigenvalue weighted by molar-refractivity contribution is 0.521. The summed E-state index contributed by atoms with van der Waals surface area (Å²) in [5.41, 5.74) is 3.39. The van der Waals surface area contributed by atoms with Crippen LogP contribution in [-0.2, 0) is 6.42 Å². The number of hydrogen-bond acceptors (Lipinski definition) is 3. The molecule has 0 spiro atoms. The van der Waals surface area contributed by atoms with Crippen molar-refractivity contribution >= 4 is 0 Å². The van der Waals surface area contributed by atoms with Crippen LogP contribution in [0.25, 0.3) is 0 Å². The second kappa shape index (κ2) is 7.17. The number of rotatable bonds is 7. The molecule has 0 bridgehead atoms. The standard InChI is InChI=1S/C14H23N3/c1-5-7-8-9-14(15-4)12-10-11(3)16-17-13(12)6-2/h5,10,14-15H,1,6-9H2,2-4H3. The van der Waals surface area contributed by atoms with Crippen molar-refractivity contribution in [1.29, 1.82) is 0 Å². The molecule has 0 fully saturated rings. The van der Waals surface area contributed by atoms with Gasteiger partial charge in [-0.3, -0.25) is 0 Å². The summed E-state index contributed by atoms with van der Waals surface area (Å²) in [6.07, 6.45) is 6.24. The Labute approximate surface area is 104 Å². The lowest BCUT2D eigenvalue weighted by Crippen LogP contribution is -2.19. The smallest absolute Gasteiger partial charge is 0.0676 e. The Morgan fingerprint density at radius 2 is 2.24 bits per heavy atom. The highest BCUT2D eigenvalue weighted by Gasteiger charge is 2.14. The normalized spacial score (nSPS) is 12.4. The van der Waals surface area contributed by atoms with Gasteiger partial charge in [-0.15, -0.1) is 6.58 Å². The van der Waals surface area contributed by atoms with E-state index < -0.39 is 0 Å². The van der Waals surface area contributed by atoms with Crippen molar-refractivity contribution in [2.75, 3.05) is 7.05 Å². The van der Waals surface area contributed by atoms with Crippen molar-refractivity contribution in [3.8, 4) is 0 Å². The average molecular weight is 233 g/mol. The highest BCUT2D eigenvalue weighted by molar-refractivity contribution is 5.24. The minimum absolute atomic E-state index is 0.374. The van der Waals surface area contributed by atoms with E-state index in [0.29, 0.717) is 6.04 Å². The summed E-state index contributed by atoms with van der Waals surface area (Å²) in [6, 6.07) is 2.53. The van der Waals surface area contributed by atoms with Crippen molar-refractivity contribution < 1.29 is 0 Å². The van der Waals surface area contributed by atoms with E-state index in [1.165, 1.54) is 5.56 Å². The summed E-state index contributed by atoms with van der Waals surface area (Å²) in [4.78, 5) is 0. The quantitative estimate of drug-likeness (QED) is 0.581. The Hall–Kier alpha value is -1.22. The monoisotopic (exact) mass is 233 g/mol. The molecule has 1 heterocycles. The summed E-state index contributed by atoms with van der Waals surface area (Å²) < 4.78 is 0. The number of hydrogen-bond donors (Lipinski definition) is 1. The van der Waals surface area contributed by atoms with Crippen LogP contribution in [0.15, 0.2) is 18.7 Å². The number of nitrogens with one attached hydrogen (secondary N) is 1. The van der Waals surface area contributed by atoms with Gasteiger partial charge in [0.1, 0.15) is 0 Å². The fourth-order valence-corrected chi connectivity index (χ4v) is 2.03. The second-order valence-electron chi connectivity index (χ2n) is 4.30. The maximum absolute atomic E-state index is 4.28. The summed E-state index contributed by atoms with van der Waals surface area (Å²) >= 11 is 0. The van der Waals surface area contributed by atoms with Gasteiger partial charge in [-0.1, -0.05) is 13.0 Å². The number of aryl methyl sites for hydroxylation is 2. The van der Waals surface area contributed by atoms with Gasteiger partial charge in [0.15, 0.2) is 0 Å². The third-order valence-corrected chi connectivity index (χ3v) is 2.99. The van der Waals surface area contributed by atoms with Gasteiger partial charge in [0.05, 0.1) is 11.4 Å². The molecule has 0 aliphatic heterocycles. The maximum atomic E-state index is 4.28. The predicted octanol–water partition coefficient (Wildman–Crippen LogP) is 2.96. The van der Waals surface area contributed by atoms with Gasteiger partial charge in [0, 0.05) is 6.04 Å². The second-order valence-corrected chi connectivity index (χ2v) is 4.30. The molecule has 0 aromatic carbocycles. The van der Waals surface area contributed by atoms with Crippen LogP contribution in [-0.4, -0.2) is 17.2 Å². The van der Waals surface area contributed by atoms with Gasteiger partial charge in [0.25, 0.3) is 0 Å². The van der Waals surface area contributed by atoms with E-state index in [-0.39, 0.29) is 0 Å². The number of unbranched alkanes of at least 4 members (excludes halogenated alkanes) is 1. The van der Waals surface area contributed by atoms with E-state index in [0.717, 1.165) is 37.1 Å². The van der Waals surface area contributed by atoms with Gasteiger partial charge in [-0.2, -0.15) is 10.2 Å². The predicted molar refractivity (Wildman–Crippen MR) is 72.0 cm³/mol. The summed E-state index contributed by atoms with van der Waals surface area (Å²) in [7, 11) is 2.01. The summed E-state index contributed by atoms with van der Waals surface area (Å²) in [6.45, 7) is 7.88. The topological polar surface area (TPSA) is 37.8 Å². The first-order chi connectivity index (χ1) is 8.22. The molecule has 1 aromatic heterocycles.